The fourth-order valence-electron chi connectivity index (χ4n) is 1.40. The van der Waals surface area contributed by atoms with Gasteiger partial charge in [-0.05, 0) is 5.41 Å². The normalized spacial score (nSPS) is 12.8. The van der Waals surface area contributed by atoms with Crippen LogP contribution in [0.25, 0.3) is 0 Å². The highest BCUT2D eigenvalue weighted by atomic mass is 16.5. The molecule has 2 amide bonds. The highest BCUT2D eigenvalue weighted by molar-refractivity contribution is 5.83. The van der Waals surface area contributed by atoms with Crippen LogP contribution in [0.5, 0.6) is 0 Å². The van der Waals surface area contributed by atoms with E-state index in [4.69, 9.17) is 9.63 Å². The van der Waals surface area contributed by atoms with E-state index in [9.17, 15) is 9.59 Å². The molecule has 106 valence electrons. The maximum absolute atomic E-state index is 11.6. The van der Waals surface area contributed by atoms with Crippen molar-refractivity contribution in [3.05, 3.63) is 11.7 Å². The largest absolute Gasteiger partial charge is 0.480 e. The summed E-state index contributed by atoms with van der Waals surface area (Å²) >= 11 is 0. The summed E-state index contributed by atoms with van der Waals surface area (Å²) in [4.78, 5) is 26.6. The van der Waals surface area contributed by atoms with Gasteiger partial charge in [0.2, 0.25) is 5.89 Å². The Morgan fingerprint density at radius 3 is 2.47 bits per heavy atom. The van der Waals surface area contributed by atoms with E-state index in [1.807, 2.05) is 0 Å². The zero-order chi connectivity index (χ0) is 14.6. The summed E-state index contributed by atoms with van der Waals surface area (Å²) in [5.41, 5.74) is -0.591. The zero-order valence-electron chi connectivity index (χ0n) is 11.4. The number of carboxylic acids is 1. The second-order valence-electron chi connectivity index (χ2n) is 5.19. The van der Waals surface area contributed by atoms with Crippen molar-refractivity contribution in [3.63, 3.8) is 0 Å². The highest BCUT2D eigenvalue weighted by Crippen LogP contribution is 2.19. The molecule has 3 N–H and O–H groups in total. The van der Waals surface area contributed by atoms with Crippen LogP contribution in [-0.4, -0.2) is 33.3 Å². The summed E-state index contributed by atoms with van der Waals surface area (Å²) in [5, 5.41) is 17.5. The first kappa shape index (κ1) is 14.9. The molecule has 1 atom stereocenters. The molecule has 8 heteroatoms. The van der Waals surface area contributed by atoms with Gasteiger partial charge in [-0.15, -0.1) is 0 Å². The van der Waals surface area contributed by atoms with E-state index < -0.39 is 23.5 Å². The summed E-state index contributed by atoms with van der Waals surface area (Å²) < 4.78 is 4.74. The smallest absolute Gasteiger partial charge is 0.326 e. The maximum atomic E-state index is 11.6. The number of carbonyl (C=O) groups excluding carboxylic acids is 1. The summed E-state index contributed by atoms with van der Waals surface area (Å²) in [6.07, 6.45) is 0. The van der Waals surface area contributed by atoms with E-state index in [1.54, 1.807) is 27.7 Å². The number of amides is 2. The lowest BCUT2D eigenvalue weighted by atomic mass is 9.87. The standard InChI is InChI=1S/C11H18N4O4/c1-6-13-7(15-19-6)5-12-10(18)14-8(9(16)17)11(2,3)4/h8H,5H2,1-4H3,(H,16,17)(H2,12,14,18)/t8-/m0/s1. The van der Waals surface area contributed by atoms with E-state index in [0.29, 0.717) is 11.7 Å². The minimum Gasteiger partial charge on any atom is -0.480 e. The maximum Gasteiger partial charge on any atom is 0.326 e. The number of aryl methyl sites for hydroxylation is 1. The Balaban J connectivity index is 2.52. The molecule has 0 aliphatic heterocycles. The molecule has 1 heterocycles. The first-order valence-corrected chi connectivity index (χ1v) is 5.76. The number of nitrogens with one attached hydrogen (secondary N) is 2. The van der Waals surface area contributed by atoms with Crippen molar-refractivity contribution < 1.29 is 19.2 Å². The summed E-state index contributed by atoms with van der Waals surface area (Å²) in [5.74, 6) is -0.358. The molecule has 0 aliphatic rings. The van der Waals surface area contributed by atoms with Gasteiger partial charge >= 0.3 is 12.0 Å². The molecule has 1 aromatic heterocycles. The molecule has 0 saturated heterocycles. The molecule has 1 aromatic rings. The number of rotatable bonds is 4. The lowest BCUT2D eigenvalue weighted by Gasteiger charge is -2.27. The first-order valence-electron chi connectivity index (χ1n) is 5.76. The molecular formula is C11H18N4O4. The molecule has 0 saturated carbocycles. The SMILES string of the molecule is Cc1nc(CNC(=O)N[C@@H](C(=O)O)C(C)(C)C)no1. The number of aromatic nitrogens is 2. The minimum atomic E-state index is -1.09. The monoisotopic (exact) mass is 270 g/mol. The third-order valence-electron chi connectivity index (χ3n) is 2.37. The van der Waals surface area contributed by atoms with E-state index in [-0.39, 0.29) is 6.54 Å². The predicted molar refractivity (Wildman–Crippen MR) is 65.3 cm³/mol. The zero-order valence-corrected chi connectivity index (χ0v) is 11.4. The number of nitrogens with zero attached hydrogens (tertiary/aromatic N) is 2. The topological polar surface area (TPSA) is 117 Å². The molecule has 1 rings (SSSR count). The van der Waals surface area contributed by atoms with Gasteiger partial charge in [0.25, 0.3) is 0 Å². The van der Waals surface area contributed by atoms with Gasteiger partial charge in [0.05, 0.1) is 6.54 Å². The van der Waals surface area contributed by atoms with Crippen molar-refractivity contribution in [2.24, 2.45) is 5.41 Å². The molecule has 0 fully saturated rings. The number of carbonyl (C=O) groups is 2. The van der Waals surface area contributed by atoms with Crippen molar-refractivity contribution in [1.82, 2.24) is 20.8 Å². The molecule has 0 aliphatic carbocycles. The third kappa shape index (κ3) is 4.57. The number of urea groups is 1. The Kier molecular flexibility index (Phi) is 4.47. The van der Waals surface area contributed by atoms with Gasteiger partial charge in [-0.1, -0.05) is 25.9 Å². The van der Waals surface area contributed by atoms with Gasteiger partial charge in [-0.2, -0.15) is 4.98 Å². The van der Waals surface area contributed by atoms with Crippen LogP contribution in [0.15, 0.2) is 4.52 Å². The fraction of sp³-hybridized carbons (Fsp3) is 0.636. The number of aliphatic carboxylic acids is 1. The van der Waals surface area contributed by atoms with Gasteiger partial charge < -0.3 is 20.3 Å². The van der Waals surface area contributed by atoms with Crippen molar-refractivity contribution in [2.45, 2.75) is 40.3 Å². The van der Waals surface area contributed by atoms with Crippen LogP contribution < -0.4 is 10.6 Å². The average molecular weight is 270 g/mol. The summed E-state index contributed by atoms with van der Waals surface area (Å²) in [6.45, 7) is 6.90. The average Bonchev–Trinajstić information content (AvgIpc) is 2.67. The van der Waals surface area contributed by atoms with Crippen molar-refractivity contribution in [1.29, 1.82) is 0 Å². The lowest BCUT2D eigenvalue weighted by Crippen LogP contribution is -2.52. The lowest BCUT2D eigenvalue weighted by molar-refractivity contribution is -0.141. The van der Waals surface area contributed by atoms with E-state index >= 15 is 0 Å². The van der Waals surface area contributed by atoms with Crippen LogP contribution >= 0.6 is 0 Å². The number of hydrogen-bond acceptors (Lipinski definition) is 5. The molecule has 8 nitrogen and oxygen atoms in total. The Morgan fingerprint density at radius 2 is 2.05 bits per heavy atom. The van der Waals surface area contributed by atoms with E-state index in [1.165, 1.54) is 0 Å². The minimum absolute atomic E-state index is 0.0691. The van der Waals surface area contributed by atoms with Crippen LogP contribution in [0, 0.1) is 12.3 Å². The molecule has 0 unspecified atom stereocenters. The fourth-order valence-corrected chi connectivity index (χ4v) is 1.40. The third-order valence-corrected chi connectivity index (χ3v) is 2.37. The van der Waals surface area contributed by atoms with Gasteiger partial charge in [0.1, 0.15) is 6.04 Å². The van der Waals surface area contributed by atoms with Gasteiger partial charge in [-0.3, -0.25) is 0 Å². The molecular weight excluding hydrogens is 252 g/mol. The van der Waals surface area contributed by atoms with Crippen molar-refractivity contribution >= 4 is 12.0 Å². The van der Waals surface area contributed by atoms with Gasteiger partial charge in [0, 0.05) is 6.92 Å². The Bertz CT molecular complexity index is 464. The van der Waals surface area contributed by atoms with Crippen LogP contribution in [-0.2, 0) is 11.3 Å². The van der Waals surface area contributed by atoms with Gasteiger partial charge in [-0.25, -0.2) is 9.59 Å². The Labute approximate surface area is 110 Å². The Hall–Kier alpha value is -2.12. The van der Waals surface area contributed by atoms with Gasteiger partial charge in [0.15, 0.2) is 5.82 Å². The van der Waals surface area contributed by atoms with E-state index in [0.717, 1.165) is 0 Å². The van der Waals surface area contributed by atoms with Crippen LogP contribution in [0.1, 0.15) is 32.5 Å². The highest BCUT2D eigenvalue weighted by Gasteiger charge is 2.32. The molecule has 0 bridgehead atoms. The molecule has 0 spiro atoms. The molecule has 0 radical (unpaired) electrons. The van der Waals surface area contributed by atoms with Crippen LogP contribution in [0.2, 0.25) is 0 Å². The summed E-state index contributed by atoms with van der Waals surface area (Å²) in [6, 6.07) is -1.58. The van der Waals surface area contributed by atoms with Crippen LogP contribution in [0.4, 0.5) is 4.79 Å². The van der Waals surface area contributed by atoms with Crippen LogP contribution in [0.3, 0.4) is 0 Å². The molecule has 0 aromatic carbocycles. The second-order valence-corrected chi connectivity index (χ2v) is 5.19. The van der Waals surface area contributed by atoms with Crippen molar-refractivity contribution in [2.75, 3.05) is 0 Å². The summed E-state index contributed by atoms with van der Waals surface area (Å²) in [7, 11) is 0. The molecule has 19 heavy (non-hydrogen) atoms. The Morgan fingerprint density at radius 1 is 1.42 bits per heavy atom. The number of carboxylic acid groups (broad SMARTS) is 1. The number of hydrogen-bond donors (Lipinski definition) is 3. The second kappa shape index (κ2) is 5.68. The van der Waals surface area contributed by atoms with E-state index in [2.05, 4.69) is 20.8 Å². The quantitative estimate of drug-likeness (QED) is 0.740. The first-order chi connectivity index (χ1) is 8.70. The predicted octanol–water partition coefficient (Wildman–Crippen LogP) is 0.677. The van der Waals surface area contributed by atoms with Crippen molar-refractivity contribution in [3.8, 4) is 0 Å².